The molecule has 1 aliphatic carbocycles. The number of carbonyl (C=O) groups excluding carboxylic acids is 1. The number of hydrogen-bond acceptors (Lipinski definition) is 6. The Morgan fingerprint density at radius 1 is 1.29 bits per heavy atom. The monoisotopic (exact) mass is 508 g/mol. The smallest absolute Gasteiger partial charge is 0.410 e. The first-order valence-corrected chi connectivity index (χ1v) is 13.3. The third-order valence-electron chi connectivity index (χ3n) is 6.30. The Hall–Kier alpha value is -2.36. The van der Waals surface area contributed by atoms with E-state index in [0.29, 0.717) is 48.2 Å². The van der Waals surface area contributed by atoms with Crippen molar-refractivity contribution in [2.75, 3.05) is 18.4 Å². The number of nitrogens with zero attached hydrogens (tertiary/aromatic N) is 2. The number of likely N-dealkylation sites (tertiary alicyclic amines) is 1. The molecule has 1 aromatic heterocycles. The van der Waals surface area contributed by atoms with E-state index in [4.69, 9.17) is 4.74 Å². The number of thioether (sulfide) groups is 1. The normalized spacial score (nSPS) is 21.8. The number of H-pyrrole nitrogens is 1. The van der Waals surface area contributed by atoms with Gasteiger partial charge in [0.25, 0.3) is 5.56 Å². The zero-order valence-electron chi connectivity index (χ0n) is 20.5. The number of hydrogen-bond donors (Lipinski definition) is 2. The van der Waals surface area contributed by atoms with Gasteiger partial charge in [0.05, 0.1) is 17.8 Å². The second kappa shape index (κ2) is 10.7. The highest BCUT2D eigenvalue weighted by molar-refractivity contribution is 7.99. The van der Waals surface area contributed by atoms with Gasteiger partial charge in [0.1, 0.15) is 28.8 Å². The average Bonchev–Trinajstić information content (AvgIpc) is 3.17. The maximum atomic E-state index is 14.7. The molecule has 2 heterocycles. The first-order chi connectivity index (χ1) is 16.6. The highest BCUT2D eigenvalue weighted by atomic mass is 32.2. The van der Waals surface area contributed by atoms with Crippen molar-refractivity contribution in [1.29, 1.82) is 0 Å². The quantitative estimate of drug-likeness (QED) is 0.563. The van der Waals surface area contributed by atoms with Gasteiger partial charge < -0.3 is 19.9 Å². The summed E-state index contributed by atoms with van der Waals surface area (Å²) in [4.78, 5) is 33.6. The molecular formula is C25H34F2N4O3S. The van der Waals surface area contributed by atoms with Crippen LogP contribution in [0.15, 0.2) is 16.9 Å². The third kappa shape index (κ3) is 6.86. The van der Waals surface area contributed by atoms with Crippen molar-refractivity contribution in [2.24, 2.45) is 0 Å². The summed E-state index contributed by atoms with van der Waals surface area (Å²) in [6, 6.07) is 3.39. The molecule has 0 bridgehead atoms. The number of nitrogens with one attached hydrogen (secondary N) is 2. The number of fused-ring (bicyclic) bond motifs is 1. The van der Waals surface area contributed by atoms with Gasteiger partial charge in [0.15, 0.2) is 0 Å². The van der Waals surface area contributed by atoms with Crippen molar-refractivity contribution in [3.05, 3.63) is 34.1 Å². The Balaban J connectivity index is 1.42. The van der Waals surface area contributed by atoms with Crippen LogP contribution in [0.4, 0.5) is 19.3 Å². The molecule has 2 N–H and O–H groups in total. The standard InChI is InChI=1S/C25H34F2N4O3S/c1-25(2,3)34-24(33)31-9-8-18(10-15(26)13-31)35-14-21-29-20-12-17(28-16-6-4-5-7-16)11-19(27)22(20)23(32)30-21/h11-12,15-16,18,28H,4-10,13-14H2,1-3H3,(H,29,30,32). The number of aromatic amines is 1. The first-order valence-electron chi connectivity index (χ1n) is 12.3. The zero-order valence-corrected chi connectivity index (χ0v) is 21.4. The summed E-state index contributed by atoms with van der Waals surface area (Å²) in [6.45, 7) is 5.75. The Morgan fingerprint density at radius 2 is 2.03 bits per heavy atom. The minimum Gasteiger partial charge on any atom is -0.444 e. The Kier molecular flexibility index (Phi) is 7.88. The molecule has 1 saturated heterocycles. The van der Waals surface area contributed by atoms with Crippen LogP contribution in [0, 0.1) is 5.82 Å². The highest BCUT2D eigenvalue weighted by Gasteiger charge is 2.30. The molecule has 1 amide bonds. The van der Waals surface area contributed by atoms with Crippen molar-refractivity contribution < 1.29 is 18.3 Å². The van der Waals surface area contributed by atoms with Crippen LogP contribution < -0.4 is 10.9 Å². The van der Waals surface area contributed by atoms with E-state index in [-0.39, 0.29) is 17.2 Å². The summed E-state index contributed by atoms with van der Waals surface area (Å²) in [6.07, 6.45) is 3.64. The van der Waals surface area contributed by atoms with E-state index < -0.39 is 29.2 Å². The van der Waals surface area contributed by atoms with Gasteiger partial charge in [0.2, 0.25) is 0 Å². The van der Waals surface area contributed by atoms with E-state index in [1.807, 2.05) is 0 Å². The molecule has 1 aliphatic heterocycles. The molecule has 2 aromatic rings. The topological polar surface area (TPSA) is 87.3 Å². The van der Waals surface area contributed by atoms with Crippen LogP contribution in [0.1, 0.15) is 65.1 Å². The van der Waals surface area contributed by atoms with Crippen LogP contribution in [-0.2, 0) is 10.5 Å². The number of alkyl halides is 1. The minimum atomic E-state index is -1.16. The summed E-state index contributed by atoms with van der Waals surface area (Å²) in [5, 5.41) is 3.25. The Labute approximate surface area is 208 Å². The molecule has 2 fully saturated rings. The highest BCUT2D eigenvalue weighted by Crippen LogP contribution is 2.29. The van der Waals surface area contributed by atoms with Gasteiger partial charge in [0, 0.05) is 23.5 Å². The number of aromatic nitrogens is 2. The fourth-order valence-electron chi connectivity index (χ4n) is 4.68. The molecule has 35 heavy (non-hydrogen) atoms. The minimum absolute atomic E-state index is 0.00702. The van der Waals surface area contributed by atoms with Crippen LogP contribution in [0.25, 0.3) is 10.9 Å². The molecule has 192 valence electrons. The molecule has 2 unspecified atom stereocenters. The maximum Gasteiger partial charge on any atom is 0.410 e. The van der Waals surface area contributed by atoms with Crippen LogP contribution in [-0.4, -0.2) is 57.1 Å². The summed E-state index contributed by atoms with van der Waals surface area (Å²) in [7, 11) is 0. The lowest BCUT2D eigenvalue weighted by Crippen LogP contribution is -2.39. The predicted octanol–water partition coefficient (Wildman–Crippen LogP) is 5.39. The predicted molar refractivity (Wildman–Crippen MR) is 135 cm³/mol. The lowest BCUT2D eigenvalue weighted by molar-refractivity contribution is 0.0221. The lowest BCUT2D eigenvalue weighted by Gasteiger charge is -2.26. The summed E-state index contributed by atoms with van der Waals surface area (Å²) >= 11 is 1.49. The second-order valence-corrected chi connectivity index (χ2v) is 11.8. The van der Waals surface area contributed by atoms with Crippen LogP contribution in [0.5, 0.6) is 0 Å². The fourth-order valence-corrected chi connectivity index (χ4v) is 5.83. The molecular weight excluding hydrogens is 474 g/mol. The molecule has 1 saturated carbocycles. The number of ether oxygens (including phenoxy) is 1. The van der Waals surface area contributed by atoms with E-state index >= 15 is 0 Å². The van der Waals surface area contributed by atoms with Crippen LogP contribution in [0.2, 0.25) is 0 Å². The molecule has 10 heteroatoms. The summed E-state index contributed by atoms with van der Waals surface area (Å²) < 4.78 is 34.7. The van der Waals surface area contributed by atoms with E-state index in [1.165, 1.54) is 22.7 Å². The van der Waals surface area contributed by atoms with Crippen LogP contribution in [0.3, 0.4) is 0 Å². The van der Waals surface area contributed by atoms with Gasteiger partial charge >= 0.3 is 6.09 Å². The third-order valence-corrected chi connectivity index (χ3v) is 7.64. The SMILES string of the molecule is CC(C)(C)OC(=O)N1CCC(SCc2nc3cc(NC4CCCC4)cc(F)c3c(=O)[nH]2)CC(F)C1. The van der Waals surface area contributed by atoms with Crippen molar-refractivity contribution in [1.82, 2.24) is 14.9 Å². The zero-order chi connectivity index (χ0) is 25.2. The van der Waals surface area contributed by atoms with Gasteiger partial charge in [-0.1, -0.05) is 12.8 Å². The van der Waals surface area contributed by atoms with Gasteiger partial charge in [-0.3, -0.25) is 4.79 Å². The number of anilines is 1. The van der Waals surface area contributed by atoms with Gasteiger partial charge in [-0.15, -0.1) is 0 Å². The maximum absolute atomic E-state index is 14.7. The van der Waals surface area contributed by atoms with Gasteiger partial charge in [-0.25, -0.2) is 18.6 Å². The number of halogens is 2. The van der Waals surface area contributed by atoms with Crippen molar-refractivity contribution in [2.45, 2.75) is 88.1 Å². The second-order valence-electron chi connectivity index (χ2n) is 10.5. The molecule has 2 atom stereocenters. The summed E-state index contributed by atoms with van der Waals surface area (Å²) in [5.41, 5.74) is -0.214. The van der Waals surface area contributed by atoms with E-state index in [9.17, 15) is 18.4 Å². The van der Waals surface area contributed by atoms with Crippen LogP contribution >= 0.6 is 11.8 Å². The Morgan fingerprint density at radius 3 is 2.74 bits per heavy atom. The van der Waals surface area contributed by atoms with Gasteiger partial charge in [-0.05, 0) is 58.6 Å². The fraction of sp³-hybridized carbons (Fsp3) is 0.640. The van der Waals surface area contributed by atoms with E-state index in [2.05, 4.69) is 15.3 Å². The van der Waals surface area contributed by atoms with E-state index in [0.717, 1.165) is 25.7 Å². The molecule has 2 aliphatic rings. The molecule has 7 nitrogen and oxygen atoms in total. The number of carbonyl (C=O) groups is 1. The molecule has 0 radical (unpaired) electrons. The average molecular weight is 509 g/mol. The van der Waals surface area contributed by atoms with Crippen molar-refractivity contribution >= 4 is 34.4 Å². The first kappa shape index (κ1) is 25.7. The molecule has 4 rings (SSSR count). The molecule has 0 spiro atoms. The number of rotatable bonds is 5. The largest absolute Gasteiger partial charge is 0.444 e. The van der Waals surface area contributed by atoms with Gasteiger partial charge in [-0.2, -0.15) is 11.8 Å². The number of amides is 1. The van der Waals surface area contributed by atoms with E-state index in [1.54, 1.807) is 26.8 Å². The van der Waals surface area contributed by atoms with Crippen molar-refractivity contribution in [3.63, 3.8) is 0 Å². The lowest BCUT2D eigenvalue weighted by atomic mass is 10.2. The molecule has 1 aromatic carbocycles. The Bertz CT molecular complexity index is 1110. The number of benzene rings is 1. The van der Waals surface area contributed by atoms with Crippen molar-refractivity contribution in [3.8, 4) is 0 Å². The summed E-state index contributed by atoms with van der Waals surface area (Å²) in [5.74, 6) is 0.187.